The SMILES string of the molecule is CCC(C)[C@H](NS(=O)(=O)c1cc(C#N)ccc1C)C(=O)O. The zero-order chi connectivity index (χ0) is 16.2. The van der Waals surface area contributed by atoms with Gasteiger partial charge in [-0.1, -0.05) is 26.3 Å². The molecule has 0 aliphatic rings. The Morgan fingerprint density at radius 2 is 2.10 bits per heavy atom. The predicted molar refractivity (Wildman–Crippen MR) is 77.1 cm³/mol. The first-order chi connectivity index (χ1) is 9.72. The minimum absolute atomic E-state index is 0.0731. The number of rotatable bonds is 6. The molecule has 2 N–H and O–H groups in total. The fourth-order valence-electron chi connectivity index (χ4n) is 1.84. The van der Waals surface area contributed by atoms with Crippen LogP contribution < -0.4 is 4.72 Å². The Hall–Kier alpha value is -1.91. The van der Waals surface area contributed by atoms with E-state index < -0.39 is 22.0 Å². The van der Waals surface area contributed by atoms with Crippen molar-refractivity contribution in [2.75, 3.05) is 0 Å². The highest BCUT2D eigenvalue weighted by atomic mass is 32.2. The second kappa shape index (κ2) is 6.70. The van der Waals surface area contributed by atoms with Crippen molar-refractivity contribution in [2.24, 2.45) is 5.92 Å². The normalized spacial score (nSPS) is 14.2. The number of sulfonamides is 1. The minimum atomic E-state index is -4.00. The number of carbonyl (C=O) groups is 1. The van der Waals surface area contributed by atoms with E-state index in [1.54, 1.807) is 20.8 Å². The van der Waals surface area contributed by atoms with E-state index >= 15 is 0 Å². The zero-order valence-electron chi connectivity index (χ0n) is 12.1. The van der Waals surface area contributed by atoms with Crippen LogP contribution in [0.1, 0.15) is 31.4 Å². The summed E-state index contributed by atoms with van der Waals surface area (Å²) in [7, 11) is -4.00. The summed E-state index contributed by atoms with van der Waals surface area (Å²) in [6.07, 6.45) is 0.525. The molecule has 1 aromatic rings. The van der Waals surface area contributed by atoms with E-state index in [1.807, 2.05) is 6.07 Å². The number of hydrogen-bond donors (Lipinski definition) is 2. The molecule has 0 bridgehead atoms. The smallest absolute Gasteiger partial charge is 0.322 e. The molecule has 1 aromatic carbocycles. The van der Waals surface area contributed by atoms with Crippen molar-refractivity contribution >= 4 is 16.0 Å². The maximum absolute atomic E-state index is 12.4. The van der Waals surface area contributed by atoms with Gasteiger partial charge in [0.1, 0.15) is 6.04 Å². The first-order valence-electron chi connectivity index (χ1n) is 6.48. The van der Waals surface area contributed by atoms with Crippen LogP contribution >= 0.6 is 0 Å². The Morgan fingerprint density at radius 1 is 1.48 bits per heavy atom. The van der Waals surface area contributed by atoms with Gasteiger partial charge in [0.2, 0.25) is 10.0 Å². The van der Waals surface area contributed by atoms with Gasteiger partial charge < -0.3 is 5.11 Å². The topological polar surface area (TPSA) is 107 Å². The molecule has 0 fully saturated rings. The van der Waals surface area contributed by atoms with Gasteiger partial charge in [-0.25, -0.2) is 8.42 Å². The maximum Gasteiger partial charge on any atom is 0.322 e. The third-order valence-corrected chi connectivity index (χ3v) is 4.95. The standard InChI is InChI=1S/C14H18N2O4S/c1-4-9(2)13(14(17)18)16-21(19,20)12-7-11(8-15)6-5-10(12)3/h5-7,9,13,16H,4H2,1-3H3,(H,17,18)/t9?,13-/m0/s1. The largest absolute Gasteiger partial charge is 0.480 e. The van der Waals surface area contributed by atoms with Crippen LogP contribution in [0.25, 0.3) is 0 Å². The van der Waals surface area contributed by atoms with Crippen molar-refractivity contribution in [1.82, 2.24) is 4.72 Å². The molecule has 0 heterocycles. The molecule has 0 amide bonds. The van der Waals surface area contributed by atoms with Crippen molar-refractivity contribution in [2.45, 2.75) is 38.1 Å². The average molecular weight is 310 g/mol. The lowest BCUT2D eigenvalue weighted by molar-refractivity contribution is -0.140. The predicted octanol–water partition coefficient (Wildman–Crippen LogP) is 1.64. The quantitative estimate of drug-likeness (QED) is 0.830. The van der Waals surface area contributed by atoms with Crippen molar-refractivity contribution in [3.8, 4) is 6.07 Å². The lowest BCUT2D eigenvalue weighted by Crippen LogP contribution is -2.45. The molecular weight excluding hydrogens is 292 g/mol. The molecule has 0 saturated carbocycles. The van der Waals surface area contributed by atoms with E-state index in [0.717, 1.165) is 0 Å². The minimum Gasteiger partial charge on any atom is -0.480 e. The van der Waals surface area contributed by atoms with E-state index in [0.29, 0.717) is 12.0 Å². The number of carboxylic acid groups (broad SMARTS) is 1. The highest BCUT2D eigenvalue weighted by Gasteiger charge is 2.30. The molecule has 2 atom stereocenters. The molecule has 0 saturated heterocycles. The van der Waals surface area contributed by atoms with Gasteiger partial charge in [0.25, 0.3) is 0 Å². The van der Waals surface area contributed by atoms with E-state index in [4.69, 9.17) is 5.26 Å². The van der Waals surface area contributed by atoms with Crippen molar-refractivity contribution in [3.63, 3.8) is 0 Å². The highest BCUT2D eigenvalue weighted by Crippen LogP contribution is 2.19. The second-order valence-electron chi connectivity index (χ2n) is 4.91. The summed E-state index contributed by atoms with van der Waals surface area (Å²) in [4.78, 5) is 11.2. The van der Waals surface area contributed by atoms with Gasteiger partial charge in [-0.15, -0.1) is 0 Å². The van der Waals surface area contributed by atoms with E-state index in [-0.39, 0.29) is 16.4 Å². The third-order valence-electron chi connectivity index (χ3n) is 3.37. The van der Waals surface area contributed by atoms with Crippen LogP contribution in [0.5, 0.6) is 0 Å². The number of aliphatic carboxylic acids is 1. The molecular formula is C14H18N2O4S. The van der Waals surface area contributed by atoms with Gasteiger partial charge in [0, 0.05) is 0 Å². The van der Waals surface area contributed by atoms with E-state index in [1.165, 1.54) is 18.2 Å². The van der Waals surface area contributed by atoms with Gasteiger partial charge >= 0.3 is 5.97 Å². The molecule has 6 nitrogen and oxygen atoms in total. The molecule has 1 rings (SSSR count). The molecule has 0 aromatic heterocycles. The lowest BCUT2D eigenvalue weighted by Gasteiger charge is -2.20. The summed E-state index contributed by atoms with van der Waals surface area (Å²) in [6.45, 7) is 5.05. The lowest BCUT2D eigenvalue weighted by atomic mass is 10.0. The van der Waals surface area contributed by atoms with Crippen molar-refractivity contribution in [1.29, 1.82) is 5.26 Å². The van der Waals surface area contributed by atoms with Gasteiger partial charge in [-0.05, 0) is 30.5 Å². The maximum atomic E-state index is 12.4. The number of nitrogens with one attached hydrogen (secondary N) is 1. The summed E-state index contributed by atoms with van der Waals surface area (Å²) < 4.78 is 27.0. The van der Waals surface area contributed by atoms with Gasteiger partial charge in [0.15, 0.2) is 0 Å². The van der Waals surface area contributed by atoms with Crippen LogP contribution in [0.3, 0.4) is 0 Å². The van der Waals surface area contributed by atoms with Crippen LogP contribution in [-0.4, -0.2) is 25.5 Å². The average Bonchev–Trinajstić information content (AvgIpc) is 2.44. The van der Waals surface area contributed by atoms with Crippen LogP contribution in [0.15, 0.2) is 23.1 Å². The number of carboxylic acids is 1. The Morgan fingerprint density at radius 3 is 2.57 bits per heavy atom. The number of hydrogen-bond acceptors (Lipinski definition) is 4. The van der Waals surface area contributed by atoms with Gasteiger partial charge in [0.05, 0.1) is 16.5 Å². The molecule has 0 aliphatic heterocycles. The van der Waals surface area contributed by atoms with E-state index in [2.05, 4.69) is 4.72 Å². The number of aryl methyl sites for hydroxylation is 1. The molecule has 7 heteroatoms. The van der Waals surface area contributed by atoms with Gasteiger partial charge in [-0.3, -0.25) is 4.79 Å². The van der Waals surface area contributed by atoms with Gasteiger partial charge in [-0.2, -0.15) is 9.98 Å². The Bertz CT molecular complexity index is 677. The summed E-state index contributed by atoms with van der Waals surface area (Å²) >= 11 is 0. The Kier molecular flexibility index (Phi) is 5.47. The van der Waals surface area contributed by atoms with Crippen LogP contribution in [0.2, 0.25) is 0 Å². The highest BCUT2D eigenvalue weighted by molar-refractivity contribution is 7.89. The number of benzene rings is 1. The molecule has 1 unspecified atom stereocenters. The Balaban J connectivity index is 3.23. The first kappa shape index (κ1) is 17.1. The van der Waals surface area contributed by atoms with Crippen LogP contribution in [0, 0.1) is 24.2 Å². The first-order valence-corrected chi connectivity index (χ1v) is 7.97. The fraction of sp³-hybridized carbons (Fsp3) is 0.429. The molecule has 114 valence electrons. The zero-order valence-corrected chi connectivity index (χ0v) is 12.9. The number of nitrogens with zero attached hydrogens (tertiary/aromatic N) is 1. The van der Waals surface area contributed by atoms with Crippen molar-refractivity contribution in [3.05, 3.63) is 29.3 Å². The number of nitriles is 1. The summed E-state index contributed by atoms with van der Waals surface area (Å²) in [6, 6.07) is 4.94. The summed E-state index contributed by atoms with van der Waals surface area (Å²) in [5.74, 6) is -1.57. The molecule has 0 aliphatic carbocycles. The summed E-state index contributed by atoms with van der Waals surface area (Å²) in [5, 5.41) is 18.0. The van der Waals surface area contributed by atoms with E-state index in [9.17, 15) is 18.3 Å². The molecule has 0 spiro atoms. The van der Waals surface area contributed by atoms with Crippen LogP contribution in [0.4, 0.5) is 0 Å². The molecule has 21 heavy (non-hydrogen) atoms. The van der Waals surface area contributed by atoms with Crippen LogP contribution in [-0.2, 0) is 14.8 Å². The second-order valence-corrected chi connectivity index (χ2v) is 6.60. The third kappa shape index (κ3) is 4.03. The summed E-state index contributed by atoms with van der Waals surface area (Å²) in [5.41, 5.74) is 0.659. The Labute approximate surface area is 124 Å². The monoisotopic (exact) mass is 310 g/mol. The fourth-order valence-corrected chi connectivity index (χ4v) is 3.40. The molecule has 0 radical (unpaired) electrons. The van der Waals surface area contributed by atoms with Crippen molar-refractivity contribution < 1.29 is 18.3 Å².